The Bertz CT molecular complexity index is 236. The number of hydrogen-bond donors (Lipinski definition) is 3. The lowest BCUT2D eigenvalue weighted by Crippen LogP contribution is -2.10. The van der Waals surface area contributed by atoms with Crippen molar-refractivity contribution in [3.8, 4) is 0 Å². The Morgan fingerprint density at radius 3 is 2.92 bits per heavy atom. The van der Waals surface area contributed by atoms with Gasteiger partial charge in [0.25, 0.3) is 0 Å². The van der Waals surface area contributed by atoms with Crippen LogP contribution in [0.25, 0.3) is 0 Å². The Hall–Kier alpha value is -1.33. The van der Waals surface area contributed by atoms with Gasteiger partial charge in [-0.25, -0.2) is 10.8 Å². The zero-order chi connectivity index (χ0) is 9.52. The number of methoxy groups -OCH3 is 1. The summed E-state index contributed by atoms with van der Waals surface area (Å²) in [5, 5.41) is 3.14. The van der Waals surface area contributed by atoms with Crippen LogP contribution >= 0.6 is 0 Å². The third-order valence-electron chi connectivity index (χ3n) is 1.55. The fourth-order valence-electron chi connectivity index (χ4n) is 0.881. The molecule has 0 aliphatic carbocycles. The highest BCUT2D eigenvalue weighted by Gasteiger charge is 1.92. The SMILES string of the molecule is COCCNc1ccc(NN)nc1. The minimum absolute atomic E-state index is 0.650. The summed E-state index contributed by atoms with van der Waals surface area (Å²) in [7, 11) is 1.67. The smallest absolute Gasteiger partial charge is 0.140 e. The van der Waals surface area contributed by atoms with Crippen LogP contribution in [0.5, 0.6) is 0 Å². The lowest BCUT2D eigenvalue weighted by molar-refractivity contribution is 0.211. The molecule has 0 unspecified atom stereocenters. The second kappa shape index (κ2) is 5.34. The molecule has 4 N–H and O–H groups in total. The molecule has 1 rings (SSSR count). The molecule has 1 aromatic heterocycles. The maximum Gasteiger partial charge on any atom is 0.140 e. The van der Waals surface area contributed by atoms with E-state index in [9.17, 15) is 0 Å². The van der Waals surface area contributed by atoms with Crippen molar-refractivity contribution in [2.75, 3.05) is 31.0 Å². The molecule has 0 radical (unpaired) electrons. The number of ether oxygens (including phenoxy) is 1. The van der Waals surface area contributed by atoms with E-state index in [0.29, 0.717) is 12.4 Å². The van der Waals surface area contributed by atoms with Gasteiger partial charge in [-0.2, -0.15) is 0 Å². The molecule has 13 heavy (non-hydrogen) atoms. The number of pyridine rings is 1. The Labute approximate surface area is 77.3 Å². The molecule has 0 aliphatic heterocycles. The molecule has 0 fully saturated rings. The van der Waals surface area contributed by atoms with Crippen LogP contribution in [0.15, 0.2) is 18.3 Å². The normalized spacial score (nSPS) is 9.69. The predicted octanol–water partition coefficient (Wildman–Crippen LogP) is 0.425. The molecule has 72 valence electrons. The maximum absolute atomic E-state index is 5.17. The average molecular weight is 182 g/mol. The molecule has 0 aromatic carbocycles. The predicted molar refractivity (Wildman–Crippen MR) is 52.4 cm³/mol. The summed E-state index contributed by atoms with van der Waals surface area (Å²) >= 11 is 0. The zero-order valence-electron chi connectivity index (χ0n) is 7.58. The van der Waals surface area contributed by atoms with Crippen LogP contribution in [0.3, 0.4) is 0 Å². The summed E-state index contributed by atoms with van der Waals surface area (Å²) in [5.74, 6) is 5.82. The van der Waals surface area contributed by atoms with E-state index in [0.717, 1.165) is 12.2 Å². The highest BCUT2D eigenvalue weighted by molar-refractivity contribution is 5.46. The highest BCUT2D eigenvalue weighted by atomic mass is 16.5. The summed E-state index contributed by atoms with van der Waals surface area (Å²) in [4.78, 5) is 4.04. The molecular weight excluding hydrogens is 168 g/mol. The largest absolute Gasteiger partial charge is 0.383 e. The first kappa shape index (κ1) is 9.76. The average Bonchev–Trinajstić information content (AvgIpc) is 2.19. The van der Waals surface area contributed by atoms with E-state index in [1.54, 1.807) is 19.4 Å². The topological polar surface area (TPSA) is 72.2 Å². The van der Waals surface area contributed by atoms with E-state index in [1.165, 1.54) is 0 Å². The first-order chi connectivity index (χ1) is 6.36. The summed E-state index contributed by atoms with van der Waals surface area (Å²) in [6.07, 6.45) is 1.71. The Morgan fingerprint density at radius 2 is 2.38 bits per heavy atom. The van der Waals surface area contributed by atoms with Crippen LogP contribution in [0.2, 0.25) is 0 Å². The van der Waals surface area contributed by atoms with Gasteiger partial charge in [0.15, 0.2) is 0 Å². The van der Waals surface area contributed by atoms with E-state index >= 15 is 0 Å². The number of hydrogen-bond acceptors (Lipinski definition) is 5. The molecule has 1 aromatic rings. The number of nitrogens with zero attached hydrogens (tertiary/aromatic N) is 1. The van der Waals surface area contributed by atoms with Gasteiger partial charge in [0.05, 0.1) is 18.5 Å². The van der Waals surface area contributed by atoms with Crippen molar-refractivity contribution < 1.29 is 4.74 Å². The highest BCUT2D eigenvalue weighted by Crippen LogP contribution is 2.07. The minimum atomic E-state index is 0.650. The van der Waals surface area contributed by atoms with Crippen molar-refractivity contribution >= 4 is 11.5 Å². The van der Waals surface area contributed by atoms with Gasteiger partial charge >= 0.3 is 0 Å². The number of anilines is 2. The van der Waals surface area contributed by atoms with Crippen LogP contribution < -0.4 is 16.6 Å². The number of rotatable bonds is 5. The van der Waals surface area contributed by atoms with Crippen molar-refractivity contribution in [2.24, 2.45) is 5.84 Å². The van der Waals surface area contributed by atoms with E-state index in [-0.39, 0.29) is 0 Å². The number of nitrogens with two attached hydrogens (primary N) is 1. The third kappa shape index (κ3) is 3.27. The van der Waals surface area contributed by atoms with Crippen LogP contribution in [0.1, 0.15) is 0 Å². The van der Waals surface area contributed by atoms with E-state index < -0.39 is 0 Å². The fraction of sp³-hybridized carbons (Fsp3) is 0.375. The lowest BCUT2D eigenvalue weighted by atomic mass is 10.4. The molecule has 0 saturated heterocycles. The quantitative estimate of drug-likeness (QED) is 0.350. The maximum atomic E-state index is 5.17. The van der Waals surface area contributed by atoms with Gasteiger partial charge in [-0.3, -0.25) is 0 Å². The summed E-state index contributed by atoms with van der Waals surface area (Å²) in [5.41, 5.74) is 3.41. The molecule has 0 amide bonds. The monoisotopic (exact) mass is 182 g/mol. The first-order valence-corrected chi connectivity index (χ1v) is 4.02. The minimum Gasteiger partial charge on any atom is -0.383 e. The van der Waals surface area contributed by atoms with Crippen LogP contribution in [-0.4, -0.2) is 25.2 Å². The first-order valence-electron chi connectivity index (χ1n) is 4.02. The number of nitrogen functional groups attached to an aromatic ring is 1. The van der Waals surface area contributed by atoms with Gasteiger partial charge in [0.2, 0.25) is 0 Å². The van der Waals surface area contributed by atoms with Crippen LogP contribution in [0.4, 0.5) is 11.5 Å². The van der Waals surface area contributed by atoms with Gasteiger partial charge in [-0.15, -0.1) is 0 Å². The third-order valence-corrected chi connectivity index (χ3v) is 1.55. The Balaban J connectivity index is 2.40. The molecule has 0 aliphatic rings. The Morgan fingerprint density at radius 1 is 1.54 bits per heavy atom. The molecule has 0 saturated carbocycles. The fourth-order valence-corrected chi connectivity index (χ4v) is 0.881. The van der Waals surface area contributed by atoms with Crippen molar-refractivity contribution in [3.63, 3.8) is 0 Å². The second-order valence-electron chi connectivity index (χ2n) is 2.50. The van der Waals surface area contributed by atoms with Gasteiger partial charge in [-0.1, -0.05) is 0 Å². The number of aromatic nitrogens is 1. The van der Waals surface area contributed by atoms with E-state index in [1.807, 2.05) is 6.07 Å². The van der Waals surface area contributed by atoms with Gasteiger partial charge in [0.1, 0.15) is 5.82 Å². The molecule has 0 atom stereocenters. The van der Waals surface area contributed by atoms with Crippen LogP contribution in [-0.2, 0) is 4.74 Å². The zero-order valence-corrected chi connectivity index (χ0v) is 7.58. The van der Waals surface area contributed by atoms with Crippen molar-refractivity contribution in [2.45, 2.75) is 0 Å². The summed E-state index contributed by atoms with van der Waals surface area (Å²) in [6, 6.07) is 3.70. The van der Waals surface area contributed by atoms with E-state index in [4.69, 9.17) is 10.6 Å². The van der Waals surface area contributed by atoms with Gasteiger partial charge < -0.3 is 15.5 Å². The van der Waals surface area contributed by atoms with Crippen molar-refractivity contribution in [3.05, 3.63) is 18.3 Å². The number of hydrazine groups is 1. The Kier molecular flexibility index (Phi) is 4.01. The number of nitrogens with one attached hydrogen (secondary N) is 2. The standard InChI is InChI=1S/C8H14N4O/c1-13-5-4-10-7-2-3-8(12-9)11-6-7/h2-3,6,10H,4-5,9H2,1H3,(H,11,12). The van der Waals surface area contributed by atoms with Gasteiger partial charge in [-0.05, 0) is 12.1 Å². The molecule has 5 heteroatoms. The van der Waals surface area contributed by atoms with E-state index in [2.05, 4.69) is 15.7 Å². The molecule has 5 nitrogen and oxygen atoms in total. The molecular formula is C8H14N4O. The van der Waals surface area contributed by atoms with Gasteiger partial charge in [0, 0.05) is 13.7 Å². The molecule has 1 heterocycles. The summed E-state index contributed by atoms with van der Waals surface area (Å²) < 4.78 is 4.89. The molecule has 0 spiro atoms. The van der Waals surface area contributed by atoms with Crippen molar-refractivity contribution in [1.82, 2.24) is 4.98 Å². The lowest BCUT2D eigenvalue weighted by Gasteiger charge is -2.05. The van der Waals surface area contributed by atoms with Crippen LogP contribution in [0, 0.1) is 0 Å². The summed E-state index contributed by atoms with van der Waals surface area (Å²) in [6.45, 7) is 1.45. The van der Waals surface area contributed by atoms with Crippen molar-refractivity contribution in [1.29, 1.82) is 0 Å². The second-order valence-corrected chi connectivity index (χ2v) is 2.50. The molecule has 0 bridgehead atoms.